The molecule has 5 rings (SSSR count). The Balaban J connectivity index is 1.56. The number of hydrogen-bond donors (Lipinski definition) is 1. The summed E-state index contributed by atoms with van der Waals surface area (Å²) < 4.78 is 29.3. The zero-order valence-electron chi connectivity index (χ0n) is 25.3. The molecule has 45 heavy (non-hydrogen) atoms. The maximum Gasteiger partial charge on any atom is 0.264 e. The average Bonchev–Trinajstić information content (AvgIpc) is 3.56. The van der Waals surface area contributed by atoms with E-state index in [2.05, 4.69) is 5.32 Å². The summed E-state index contributed by atoms with van der Waals surface area (Å²) in [5.41, 5.74) is 2.85. The van der Waals surface area contributed by atoms with E-state index in [-0.39, 0.29) is 29.8 Å². The summed E-state index contributed by atoms with van der Waals surface area (Å²) in [6.07, 6.45) is 4.11. The van der Waals surface area contributed by atoms with Gasteiger partial charge in [0.1, 0.15) is 12.6 Å². The standard InChI is InChI=1S/C36H38ClN3O4S/c1-27-20-22-31(23-21-27)40(45(43,44)32-17-6-3-7-18-32)26-35(41)39(25-29-14-8-11-19-33(29)37)34(24-28-12-4-2-5-13-28)36(42)38-30-15-9-10-16-30/h2-8,11-14,17-23,30,34H,9-10,15-16,24-26H2,1H3,(H,38,42)/t34-/m1/s1. The number of carbonyl (C=O) groups excluding carboxylic acids is 2. The zero-order valence-corrected chi connectivity index (χ0v) is 26.9. The highest BCUT2D eigenvalue weighted by molar-refractivity contribution is 7.92. The minimum absolute atomic E-state index is 0.0290. The van der Waals surface area contributed by atoms with Gasteiger partial charge in [0.2, 0.25) is 11.8 Å². The van der Waals surface area contributed by atoms with Crippen LogP contribution in [0.3, 0.4) is 0 Å². The summed E-state index contributed by atoms with van der Waals surface area (Å²) in [6.45, 7) is 1.43. The van der Waals surface area contributed by atoms with Gasteiger partial charge in [0.05, 0.1) is 10.6 Å². The summed E-state index contributed by atoms with van der Waals surface area (Å²) in [7, 11) is -4.14. The zero-order chi connectivity index (χ0) is 31.8. The van der Waals surface area contributed by atoms with Crippen molar-refractivity contribution in [1.29, 1.82) is 0 Å². The average molecular weight is 644 g/mol. The lowest BCUT2D eigenvalue weighted by Crippen LogP contribution is -2.54. The fraction of sp³-hybridized carbons (Fsp3) is 0.278. The van der Waals surface area contributed by atoms with E-state index in [1.807, 2.05) is 61.5 Å². The van der Waals surface area contributed by atoms with Crippen LogP contribution in [0.25, 0.3) is 0 Å². The van der Waals surface area contributed by atoms with Crippen LogP contribution in [0.2, 0.25) is 5.02 Å². The largest absolute Gasteiger partial charge is 0.352 e. The third-order valence-electron chi connectivity index (χ3n) is 8.20. The molecule has 1 aliphatic carbocycles. The molecule has 0 aliphatic heterocycles. The van der Waals surface area contributed by atoms with Crippen LogP contribution in [0, 0.1) is 6.92 Å². The summed E-state index contributed by atoms with van der Waals surface area (Å²) in [5.74, 6) is -0.781. The molecule has 4 aromatic rings. The SMILES string of the molecule is Cc1ccc(N(CC(=O)N(Cc2ccccc2Cl)[C@H](Cc2ccccc2)C(=O)NC2CCCC2)S(=O)(=O)c2ccccc2)cc1. The Morgan fingerprint density at radius 3 is 2.09 bits per heavy atom. The number of aryl methyl sites for hydroxylation is 1. The highest BCUT2D eigenvalue weighted by atomic mass is 35.5. The van der Waals surface area contributed by atoms with Crippen LogP contribution in [-0.2, 0) is 32.6 Å². The molecular weight excluding hydrogens is 606 g/mol. The first-order valence-electron chi connectivity index (χ1n) is 15.2. The number of hydrogen-bond acceptors (Lipinski definition) is 4. The second-order valence-corrected chi connectivity index (χ2v) is 13.7. The Morgan fingerprint density at radius 2 is 1.44 bits per heavy atom. The molecule has 2 amide bonds. The Labute approximate surface area is 270 Å². The predicted octanol–water partition coefficient (Wildman–Crippen LogP) is 6.54. The number of carbonyl (C=O) groups is 2. The van der Waals surface area contributed by atoms with Crippen molar-refractivity contribution in [2.75, 3.05) is 10.8 Å². The van der Waals surface area contributed by atoms with E-state index in [4.69, 9.17) is 11.6 Å². The van der Waals surface area contributed by atoms with Crippen molar-refractivity contribution >= 4 is 39.1 Å². The molecule has 234 valence electrons. The van der Waals surface area contributed by atoms with Gasteiger partial charge in [0.15, 0.2) is 0 Å². The van der Waals surface area contributed by atoms with E-state index in [1.54, 1.807) is 42.5 Å². The first-order valence-corrected chi connectivity index (χ1v) is 17.1. The molecule has 1 atom stereocenters. The summed E-state index contributed by atoms with van der Waals surface area (Å²) >= 11 is 6.58. The number of nitrogens with zero attached hydrogens (tertiary/aromatic N) is 2. The van der Waals surface area contributed by atoms with Crippen LogP contribution in [-0.4, -0.2) is 43.8 Å². The Morgan fingerprint density at radius 1 is 0.844 bits per heavy atom. The van der Waals surface area contributed by atoms with Crippen molar-refractivity contribution in [1.82, 2.24) is 10.2 Å². The molecule has 0 aromatic heterocycles. The van der Waals surface area contributed by atoms with E-state index < -0.39 is 28.5 Å². The van der Waals surface area contributed by atoms with E-state index in [0.29, 0.717) is 16.3 Å². The first-order chi connectivity index (χ1) is 21.7. The van der Waals surface area contributed by atoms with E-state index >= 15 is 0 Å². The van der Waals surface area contributed by atoms with Crippen LogP contribution >= 0.6 is 11.6 Å². The van der Waals surface area contributed by atoms with Gasteiger partial charge in [-0.25, -0.2) is 8.42 Å². The molecule has 7 nitrogen and oxygen atoms in total. The molecule has 1 N–H and O–H groups in total. The van der Waals surface area contributed by atoms with Gasteiger partial charge in [0.25, 0.3) is 10.0 Å². The number of rotatable bonds is 12. The third-order valence-corrected chi connectivity index (χ3v) is 10.4. The van der Waals surface area contributed by atoms with Crippen LogP contribution < -0.4 is 9.62 Å². The second-order valence-electron chi connectivity index (χ2n) is 11.5. The number of amides is 2. The Bertz CT molecular complexity index is 1690. The molecule has 9 heteroatoms. The monoisotopic (exact) mass is 643 g/mol. The number of halogens is 1. The molecular formula is C36H38ClN3O4S. The van der Waals surface area contributed by atoms with E-state index in [1.165, 1.54) is 17.0 Å². The lowest BCUT2D eigenvalue weighted by molar-refractivity contribution is -0.140. The van der Waals surface area contributed by atoms with Gasteiger partial charge in [-0.2, -0.15) is 0 Å². The van der Waals surface area contributed by atoms with Gasteiger partial charge in [0, 0.05) is 24.0 Å². The number of anilines is 1. The van der Waals surface area contributed by atoms with Crippen molar-refractivity contribution in [3.63, 3.8) is 0 Å². The van der Waals surface area contributed by atoms with Gasteiger partial charge in [-0.05, 0) is 61.2 Å². The molecule has 0 bridgehead atoms. The minimum Gasteiger partial charge on any atom is -0.352 e. The summed E-state index contributed by atoms with van der Waals surface area (Å²) in [5, 5.41) is 3.64. The van der Waals surface area contributed by atoms with Crippen LogP contribution in [0.1, 0.15) is 42.4 Å². The fourth-order valence-electron chi connectivity index (χ4n) is 5.69. The van der Waals surface area contributed by atoms with Crippen molar-refractivity contribution in [2.45, 2.75) is 62.6 Å². The quantitative estimate of drug-likeness (QED) is 0.190. The van der Waals surface area contributed by atoms with Crippen LogP contribution in [0.5, 0.6) is 0 Å². The number of benzene rings is 4. The van der Waals surface area contributed by atoms with Gasteiger partial charge < -0.3 is 10.2 Å². The van der Waals surface area contributed by atoms with Crippen molar-refractivity contribution in [2.24, 2.45) is 0 Å². The molecule has 0 radical (unpaired) electrons. The van der Waals surface area contributed by atoms with Gasteiger partial charge in [-0.15, -0.1) is 0 Å². The van der Waals surface area contributed by atoms with Crippen molar-refractivity contribution < 1.29 is 18.0 Å². The molecule has 1 fully saturated rings. The highest BCUT2D eigenvalue weighted by Gasteiger charge is 2.35. The molecule has 0 spiro atoms. The van der Waals surface area contributed by atoms with Crippen molar-refractivity contribution in [3.05, 3.63) is 131 Å². The van der Waals surface area contributed by atoms with Crippen LogP contribution in [0.15, 0.2) is 114 Å². The van der Waals surface area contributed by atoms with Gasteiger partial charge in [-0.3, -0.25) is 13.9 Å². The molecule has 0 heterocycles. The highest BCUT2D eigenvalue weighted by Crippen LogP contribution is 2.27. The summed E-state index contributed by atoms with van der Waals surface area (Å²) in [6, 6.07) is 30.9. The second kappa shape index (κ2) is 14.8. The lowest BCUT2D eigenvalue weighted by Gasteiger charge is -2.34. The molecule has 0 unspecified atom stereocenters. The van der Waals surface area contributed by atoms with Crippen molar-refractivity contribution in [3.8, 4) is 0 Å². The predicted molar refractivity (Wildman–Crippen MR) is 178 cm³/mol. The first kappa shape index (κ1) is 32.3. The number of nitrogens with one attached hydrogen (secondary N) is 1. The smallest absolute Gasteiger partial charge is 0.264 e. The topological polar surface area (TPSA) is 86.8 Å². The van der Waals surface area contributed by atoms with Gasteiger partial charge >= 0.3 is 0 Å². The molecule has 4 aromatic carbocycles. The van der Waals surface area contributed by atoms with Crippen LogP contribution in [0.4, 0.5) is 5.69 Å². The van der Waals surface area contributed by atoms with E-state index in [9.17, 15) is 18.0 Å². The summed E-state index contributed by atoms with van der Waals surface area (Å²) in [4.78, 5) is 30.2. The lowest BCUT2D eigenvalue weighted by atomic mass is 10.0. The maximum atomic E-state index is 14.6. The fourth-order valence-corrected chi connectivity index (χ4v) is 7.32. The molecule has 1 aliphatic rings. The minimum atomic E-state index is -4.14. The molecule has 0 saturated heterocycles. The van der Waals surface area contributed by atoms with E-state index in [0.717, 1.165) is 41.1 Å². The maximum absolute atomic E-state index is 14.6. The Kier molecular flexibility index (Phi) is 10.6. The van der Waals surface area contributed by atoms with Gasteiger partial charge in [-0.1, -0.05) is 109 Å². The Hall–Kier alpha value is -4.14. The molecule has 1 saturated carbocycles. The third kappa shape index (κ3) is 8.12. The normalized spacial score (nSPS) is 14.1. The number of sulfonamides is 1.